The van der Waals surface area contributed by atoms with Crippen LogP contribution in [0.25, 0.3) is 0 Å². The van der Waals surface area contributed by atoms with E-state index >= 15 is 0 Å². The van der Waals surface area contributed by atoms with E-state index in [4.69, 9.17) is 9.15 Å². The lowest BCUT2D eigenvalue weighted by molar-refractivity contribution is -0.121. The molecule has 3 N–H and O–H groups in total. The average Bonchev–Trinajstić information content (AvgIpc) is 3.18. The van der Waals surface area contributed by atoms with E-state index in [-0.39, 0.29) is 5.91 Å². The number of carbonyl (C=O) groups excluding carboxylic acids is 1. The molecule has 0 radical (unpaired) electrons. The van der Waals surface area contributed by atoms with E-state index in [0.29, 0.717) is 38.8 Å². The van der Waals surface area contributed by atoms with Crippen LogP contribution in [0.1, 0.15) is 57.6 Å². The molecular weight excluding hydrogens is 344 g/mol. The molecule has 27 heavy (non-hydrogen) atoms. The number of hydrogen-bond donors (Lipinski definition) is 3. The molecule has 1 aliphatic rings. The number of amides is 1. The highest BCUT2D eigenvalue weighted by atomic mass is 16.5. The fourth-order valence-electron chi connectivity index (χ4n) is 3.11. The quantitative estimate of drug-likeness (QED) is 0.313. The molecule has 1 aromatic rings. The zero-order valence-electron chi connectivity index (χ0n) is 16.5. The second-order valence-corrected chi connectivity index (χ2v) is 6.83. The summed E-state index contributed by atoms with van der Waals surface area (Å²) in [5.41, 5.74) is 0. The number of aliphatic imine (C=N–C) groups is 1. The van der Waals surface area contributed by atoms with Gasteiger partial charge in [0.05, 0.1) is 6.26 Å². The van der Waals surface area contributed by atoms with Gasteiger partial charge < -0.3 is 25.1 Å². The first-order valence-electron chi connectivity index (χ1n) is 10.2. The Kier molecular flexibility index (Phi) is 10.4. The van der Waals surface area contributed by atoms with Crippen molar-refractivity contribution in [1.29, 1.82) is 0 Å². The molecule has 0 aromatic carbocycles. The number of rotatable bonds is 11. The molecule has 0 unspecified atom stereocenters. The van der Waals surface area contributed by atoms with Crippen molar-refractivity contribution in [1.82, 2.24) is 16.0 Å². The number of hydrogen-bond acceptors (Lipinski definition) is 4. The first-order chi connectivity index (χ1) is 13.3. The zero-order valence-corrected chi connectivity index (χ0v) is 16.5. The van der Waals surface area contributed by atoms with Crippen LogP contribution in [-0.2, 0) is 16.1 Å². The Hall–Kier alpha value is -2.02. The Bertz CT molecular complexity index is 539. The molecule has 1 aromatic heterocycles. The van der Waals surface area contributed by atoms with E-state index in [1.165, 1.54) is 19.3 Å². The molecule has 7 heteroatoms. The summed E-state index contributed by atoms with van der Waals surface area (Å²) >= 11 is 0. The molecule has 1 amide bonds. The lowest BCUT2D eigenvalue weighted by Gasteiger charge is -2.22. The first-order valence-corrected chi connectivity index (χ1v) is 10.2. The molecule has 0 spiro atoms. The van der Waals surface area contributed by atoms with Crippen LogP contribution in [0.3, 0.4) is 0 Å². The minimum absolute atomic E-state index is 0.122. The van der Waals surface area contributed by atoms with Gasteiger partial charge in [-0.25, -0.2) is 0 Å². The summed E-state index contributed by atoms with van der Waals surface area (Å²) < 4.78 is 10.8. The van der Waals surface area contributed by atoms with E-state index < -0.39 is 0 Å². The molecule has 7 nitrogen and oxygen atoms in total. The van der Waals surface area contributed by atoms with Crippen LogP contribution in [0.15, 0.2) is 27.8 Å². The molecule has 1 saturated carbocycles. The van der Waals surface area contributed by atoms with Gasteiger partial charge >= 0.3 is 0 Å². The van der Waals surface area contributed by atoms with Gasteiger partial charge in [0.15, 0.2) is 5.96 Å². The Morgan fingerprint density at radius 2 is 2.15 bits per heavy atom. The highest BCUT2D eigenvalue weighted by molar-refractivity contribution is 5.81. The van der Waals surface area contributed by atoms with Crippen molar-refractivity contribution < 1.29 is 13.9 Å². The average molecular weight is 379 g/mol. The minimum Gasteiger partial charge on any atom is -0.467 e. The molecule has 1 fully saturated rings. The van der Waals surface area contributed by atoms with E-state index in [2.05, 4.69) is 20.9 Å². The fraction of sp³-hybridized carbons (Fsp3) is 0.700. The lowest BCUT2D eigenvalue weighted by atomic mass is 9.95. The van der Waals surface area contributed by atoms with Crippen molar-refractivity contribution in [3.05, 3.63) is 24.2 Å². The third-order valence-corrected chi connectivity index (χ3v) is 4.50. The van der Waals surface area contributed by atoms with Crippen LogP contribution in [0.5, 0.6) is 0 Å². The predicted molar refractivity (Wildman–Crippen MR) is 107 cm³/mol. The van der Waals surface area contributed by atoms with Crippen LogP contribution < -0.4 is 16.0 Å². The van der Waals surface area contributed by atoms with Crippen molar-refractivity contribution in [2.45, 2.75) is 64.5 Å². The smallest absolute Gasteiger partial charge is 0.221 e. The number of ether oxygens (including phenoxy) is 1. The Labute approximate surface area is 162 Å². The highest BCUT2D eigenvalue weighted by Crippen LogP contribution is 2.17. The van der Waals surface area contributed by atoms with Crippen LogP contribution >= 0.6 is 0 Å². The summed E-state index contributed by atoms with van der Waals surface area (Å²) in [7, 11) is 0. The van der Waals surface area contributed by atoms with Gasteiger partial charge in [-0.3, -0.25) is 9.79 Å². The van der Waals surface area contributed by atoms with E-state index in [1.807, 2.05) is 19.1 Å². The molecule has 1 heterocycles. The largest absolute Gasteiger partial charge is 0.467 e. The first kappa shape index (κ1) is 21.3. The third-order valence-electron chi connectivity index (χ3n) is 4.50. The minimum atomic E-state index is 0.122. The molecule has 0 saturated heterocycles. The van der Waals surface area contributed by atoms with Crippen LogP contribution in [0.2, 0.25) is 0 Å². The molecule has 152 valence electrons. The van der Waals surface area contributed by atoms with Crippen molar-refractivity contribution in [3.8, 4) is 0 Å². The van der Waals surface area contributed by atoms with Crippen molar-refractivity contribution in [3.63, 3.8) is 0 Å². The number of furan rings is 1. The van der Waals surface area contributed by atoms with E-state index in [1.54, 1.807) is 6.26 Å². The number of nitrogens with zero attached hydrogens (tertiary/aromatic N) is 1. The second-order valence-electron chi connectivity index (χ2n) is 6.83. The molecule has 0 aliphatic heterocycles. The number of carbonyl (C=O) groups is 1. The van der Waals surface area contributed by atoms with Crippen LogP contribution in [-0.4, -0.2) is 44.1 Å². The SMILES string of the molecule is CCNC(=NCCCOCc1ccco1)NCCC(=O)NC1CCCCC1. The monoisotopic (exact) mass is 378 g/mol. The summed E-state index contributed by atoms with van der Waals surface area (Å²) in [6, 6.07) is 4.12. The summed E-state index contributed by atoms with van der Waals surface area (Å²) in [6.45, 7) is 5.19. The Morgan fingerprint density at radius 1 is 1.30 bits per heavy atom. The van der Waals surface area contributed by atoms with Gasteiger partial charge in [0.1, 0.15) is 12.4 Å². The number of nitrogens with one attached hydrogen (secondary N) is 3. The summed E-state index contributed by atoms with van der Waals surface area (Å²) in [6.07, 6.45) is 8.93. The normalized spacial score (nSPS) is 15.5. The molecule has 0 bridgehead atoms. The van der Waals surface area contributed by atoms with E-state index in [9.17, 15) is 4.79 Å². The van der Waals surface area contributed by atoms with Gasteiger partial charge in [-0.15, -0.1) is 0 Å². The predicted octanol–water partition coefficient (Wildman–Crippen LogP) is 2.58. The second kappa shape index (κ2) is 13.2. The lowest BCUT2D eigenvalue weighted by Crippen LogP contribution is -2.41. The van der Waals surface area contributed by atoms with Crippen LogP contribution in [0, 0.1) is 0 Å². The highest BCUT2D eigenvalue weighted by Gasteiger charge is 2.15. The summed E-state index contributed by atoms with van der Waals surface area (Å²) in [4.78, 5) is 16.6. The van der Waals surface area contributed by atoms with Crippen molar-refractivity contribution >= 4 is 11.9 Å². The third kappa shape index (κ3) is 9.47. The Balaban J connectivity index is 1.56. The van der Waals surface area contributed by atoms with Gasteiger partial charge in [0, 0.05) is 38.7 Å². The van der Waals surface area contributed by atoms with Crippen LogP contribution in [0.4, 0.5) is 0 Å². The topological polar surface area (TPSA) is 87.9 Å². The van der Waals surface area contributed by atoms with Gasteiger partial charge in [0.25, 0.3) is 0 Å². The van der Waals surface area contributed by atoms with E-state index in [0.717, 1.165) is 37.5 Å². The summed E-state index contributed by atoms with van der Waals surface area (Å²) in [5, 5.41) is 9.57. The Morgan fingerprint density at radius 3 is 2.89 bits per heavy atom. The van der Waals surface area contributed by atoms with Gasteiger partial charge in [-0.05, 0) is 38.3 Å². The maximum Gasteiger partial charge on any atom is 0.221 e. The maximum atomic E-state index is 12.0. The zero-order chi connectivity index (χ0) is 19.2. The van der Waals surface area contributed by atoms with Gasteiger partial charge in [0.2, 0.25) is 5.91 Å². The number of guanidine groups is 1. The van der Waals surface area contributed by atoms with Crippen molar-refractivity contribution in [2.75, 3.05) is 26.2 Å². The molecule has 2 rings (SSSR count). The summed E-state index contributed by atoms with van der Waals surface area (Å²) in [5.74, 6) is 1.70. The van der Waals surface area contributed by atoms with Gasteiger partial charge in [-0.1, -0.05) is 19.3 Å². The van der Waals surface area contributed by atoms with Gasteiger partial charge in [-0.2, -0.15) is 0 Å². The standard InChI is InChI=1S/C20H34N4O3/c1-2-21-20(22-12-7-14-26-16-18-10-6-15-27-18)23-13-11-19(25)24-17-8-4-3-5-9-17/h6,10,15,17H,2-5,7-9,11-14,16H2,1H3,(H,24,25)(H2,21,22,23). The molecular formula is C20H34N4O3. The molecule has 0 atom stereocenters. The fourth-order valence-corrected chi connectivity index (χ4v) is 3.11. The maximum absolute atomic E-state index is 12.0. The van der Waals surface area contributed by atoms with Crippen molar-refractivity contribution in [2.24, 2.45) is 4.99 Å². The molecule has 1 aliphatic carbocycles.